The lowest BCUT2D eigenvalue weighted by Gasteiger charge is -2.06. The third-order valence-corrected chi connectivity index (χ3v) is 5.74. The van der Waals surface area contributed by atoms with Gasteiger partial charge in [0.25, 0.3) is 0 Å². The second kappa shape index (κ2) is 19.8. The lowest BCUT2D eigenvalue weighted by Crippen LogP contribution is -2.09. The van der Waals surface area contributed by atoms with Crippen LogP contribution in [0.4, 0.5) is 0 Å². The molecular weight excluding hydrogens is 400 g/mol. The Kier molecular flexibility index (Phi) is 17.5. The number of hydrogen-bond donors (Lipinski definition) is 0. The minimum absolute atomic E-state index is 0.156. The number of ether oxygens (including phenoxy) is 2. The molecule has 0 radical (unpaired) electrons. The Balaban J connectivity index is 1.84. The zero-order valence-corrected chi connectivity index (χ0v) is 20.7. The molecule has 0 bridgehead atoms. The molecule has 0 N–H and O–H groups in total. The van der Waals surface area contributed by atoms with E-state index in [0.29, 0.717) is 38.0 Å². The zero-order chi connectivity index (χ0) is 23.3. The molecule has 0 aromatic heterocycles. The van der Waals surface area contributed by atoms with Crippen molar-refractivity contribution in [2.75, 3.05) is 6.61 Å². The highest BCUT2D eigenvalue weighted by Gasteiger charge is 2.07. The van der Waals surface area contributed by atoms with Gasteiger partial charge in [-0.1, -0.05) is 96.1 Å². The molecule has 1 rings (SSSR count). The molecule has 0 aliphatic rings. The van der Waals surface area contributed by atoms with Crippen LogP contribution in [0.1, 0.15) is 122 Å². The van der Waals surface area contributed by atoms with Crippen molar-refractivity contribution in [2.45, 2.75) is 123 Å². The number of aryl methyl sites for hydroxylation is 1. The number of carbonyl (C=O) groups is 2. The van der Waals surface area contributed by atoms with E-state index < -0.39 is 0 Å². The van der Waals surface area contributed by atoms with Crippen molar-refractivity contribution in [1.82, 2.24) is 0 Å². The smallest absolute Gasteiger partial charge is 0.311 e. The summed E-state index contributed by atoms with van der Waals surface area (Å²) in [5.74, 6) is 0.166. The van der Waals surface area contributed by atoms with Crippen molar-refractivity contribution in [2.24, 2.45) is 0 Å². The predicted octanol–water partition coefficient (Wildman–Crippen LogP) is 8.10. The van der Waals surface area contributed by atoms with Crippen LogP contribution in [0, 0.1) is 6.92 Å². The molecular formula is C28H46O4. The molecule has 0 atom stereocenters. The van der Waals surface area contributed by atoms with Gasteiger partial charge in [0.15, 0.2) is 0 Å². The van der Waals surface area contributed by atoms with Crippen LogP contribution in [0.5, 0.6) is 5.75 Å². The van der Waals surface area contributed by atoms with Crippen molar-refractivity contribution in [3.05, 3.63) is 29.8 Å². The maximum Gasteiger partial charge on any atom is 0.311 e. The van der Waals surface area contributed by atoms with Crippen molar-refractivity contribution >= 4 is 11.9 Å². The Morgan fingerprint density at radius 2 is 1.22 bits per heavy atom. The van der Waals surface area contributed by atoms with E-state index in [1.54, 1.807) is 6.07 Å². The summed E-state index contributed by atoms with van der Waals surface area (Å²) in [6.45, 7) is 4.74. The number of carbonyl (C=O) groups excluding carboxylic acids is 2. The molecule has 0 saturated heterocycles. The highest BCUT2D eigenvalue weighted by Crippen LogP contribution is 2.14. The van der Waals surface area contributed by atoms with Crippen molar-refractivity contribution in [1.29, 1.82) is 0 Å². The largest absolute Gasteiger partial charge is 0.466 e. The average molecular weight is 447 g/mol. The molecule has 32 heavy (non-hydrogen) atoms. The lowest BCUT2D eigenvalue weighted by molar-refractivity contribution is -0.144. The first-order valence-corrected chi connectivity index (χ1v) is 13.0. The van der Waals surface area contributed by atoms with Gasteiger partial charge >= 0.3 is 11.9 Å². The van der Waals surface area contributed by atoms with E-state index in [9.17, 15) is 9.59 Å². The summed E-state index contributed by atoms with van der Waals surface area (Å²) in [5.41, 5.74) is 1.06. The van der Waals surface area contributed by atoms with Crippen LogP contribution < -0.4 is 4.74 Å². The average Bonchev–Trinajstić information content (AvgIpc) is 2.77. The van der Waals surface area contributed by atoms with Gasteiger partial charge in [-0.25, -0.2) is 0 Å². The van der Waals surface area contributed by atoms with Crippen LogP contribution in [0.25, 0.3) is 0 Å². The summed E-state index contributed by atoms with van der Waals surface area (Å²) >= 11 is 0. The Labute approximate surface area is 196 Å². The Morgan fingerprint density at radius 1 is 0.688 bits per heavy atom. The molecule has 1 aromatic carbocycles. The Morgan fingerprint density at radius 3 is 1.78 bits per heavy atom. The maximum absolute atomic E-state index is 11.8. The van der Waals surface area contributed by atoms with E-state index in [1.165, 1.54) is 70.6 Å². The molecule has 0 saturated carbocycles. The minimum Gasteiger partial charge on any atom is -0.466 e. The summed E-state index contributed by atoms with van der Waals surface area (Å²) in [6.07, 6.45) is 19.0. The summed E-state index contributed by atoms with van der Waals surface area (Å²) in [5, 5.41) is 0. The van der Waals surface area contributed by atoms with Gasteiger partial charge in [0.2, 0.25) is 0 Å². The summed E-state index contributed by atoms with van der Waals surface area (Å²) in [6, 6.07) is 7.44. The van der Waals surface area contributed by atoms with Crippen molar-refractivity contribution in [3.8, 4) is 5.75 Å². The first kappa shape index (κ1) is 28.2. The number of benzene rings is 1. The molecule has 0 fully saturated rings. The first-order valence-electron chi connectivity index (χ1n) is 13.0. The Hall–Kier alpha value is -1.84. The van der Waals surface area contributed by atoms with Gasteiger partial charge in [-0.3, -0.25) is 9.59 Å². The molecule has 0 heterocycles. The van der Waals surface area contributed by atoms with Crippen LogP contribution in [-0.2, 0) is 14.3 Å². The number of hydrogen-bond acceptors (Lipinski definition) is 4. The topological polar surface area (TPSA) is 52.6 Å². The third-order valence-electron chi connectivity index (χ3n) is 5.74. The molecule has 0 aliphatic heterocycles. The summed E-state index contributed by atoms with van der Waals surface area (Å²) in [4.78, 5) is 23.6. The van der Waals surface area contributed by atoms with Crippen molar-refractivity contribution in [3.63, 3.8) is 0 Å². The van der Waals surface area contributed by atoms with Crippen LogP contribution in [0.15, 0.2) is 24.3 Å². The molecule has 0 aliphatic carbocycles. The van der Waals surface area contributed by atoms with Gasteiger partial charge in [0.1, 0.15) is 5.75 Å². The van der Waals surface area contributed by atoms with Crippen LogP contribution in [0.3, 0.4) is 0 Å². The Bertz CT molecular complexity index is 611. The molecule has 0 unspecified atom stereocenters. The van der Waals surface area contributed by atoms with Gasteiger partial charge in [-0.15, -0.1) is 0 Å². The van der Waals surface area contributed by atoms with Crippen LogP contribution in [0.2, 0.25) is 0 Å². The highest BCUT2D eigenvalue weighted by molar-refractivity contribution is 5.72. The quantitative estimate of drug-likeness (QED) is 0.115. The standard InChI is InChI=1S/C28H46O4/c1-3-4-5-6-7-8-9-10-11-12-13-14-17-23-31-27(29)21-15-16-22-28(30)32-26-20-18-19-25(2)24-26/h18-20,24H,3-17,21-23H2,1-2H3. The van der Waals surface area contributed by atoms with E-state index in [0.717, 1.165) is 18.4 Å². The first-order chi connectivity index (χ1) is 15.6. The van der Waals surface area contributed by atoms with E-state index in [4.69, 9.17) is 9.47 Å². The fourth-order valence-corrected chi connectivity index (χ4v) is 3.78. The molecule has 1 aromatic rings. The van der Waals surface area contributed by atoms with Crippen LogP contribution >= 0.6 is 0 Å². The number of unbranched alkanes of at least 4 members (excludes halogenated alkanes) is 13. The molecule has 4 nitrogen and oxygen atoms in total. The SMILES string of the molecule is CCCCCCCCCCCCCCCOC(=O)CCCCC(=O)Oc1cccc(C)c1. The summed E-state index contributed by atoms with van der Waals surface area (Å²) in [7, 11) is 0. The lowest BCUT2D eigenvalue weighted by atomic mass is 10.0. The minimum atomic E-state index is -0.254. The normalized spacial score (nSPS) is 10.8. The van der Waals surface area contributed by atoms with Gasteiger partial charge < -0.3 is 9.47 Å². The highest BCUT2D eigenvalue weighted by atomic mass is 16.5. The molecule has 0 spiro atoms. The van der Waals surface area contributed by atoms with Crippen LogP contribution in [-0.4, -0.2) is 18.5 Å². The van der Waals surface area contributed by atoms with Gasteiger partial charge in [-0.05, 0) is 43.9 Å². The fraction of sp³-hybridized carbons (Fsp3) is 0.714. The maximum atomic E-state index is 11.8. The second-order valence-electron chi connectivity index (χ2n) is 8.96. The zero-order valence-electron chi connectivity index (χ0n) is 20.7. The van der Waals surface area contributed by atoms with E-state index >= 15 is 0 Å². The molecule has 4 heteroatoms. The van der Waals surface area contributed by atoms with Crippen molar-refractivity contribution < 1.29 is 19.1 Å². The monoisotopic (exact) mass is 446 g/mol. The summed E-state index contributed by atoms with van der Waals surface area (Å²) < 4.78 is 10.6. The number of esters is 2. The number of rotatable bonds is 20. The fourth-order valence-electron chi connectivity index (χ4n) is 3.78. The third kappa shape index (κ3) is 16.8. The van der Waals surface area contributed by atoms with E-state index in [-0.39, 0.29) is 11.9 Å². The molecule has 182 valence electrons. The van der Waals surface area contributed by atoms with Gasteiger partial charge in [0.05, 0.1) is 6.61 Å². The van der Waals surface area contributed by atoms with E-state index in [1.807, 2.05) is 25.1 Å². The van der Waals surface area contributed by atoms with Gasteiger partial charge in [0, 0.05) is 12.8 Å². The van der Waals surface area contributed by atoms with E-state index in [2.05, 4.69) is 6.92 Å². The van der Waals surface area contributed by atoms with Gasteiger partial charge in [-0.2, -0.15) is 0 Å². The second-order valence-corrected chi connectivity index (χ2v) is 8.96. The predicted molar refractivity (Wildman–Crippen MR) is 132 cm³/mol. The molecule has 0 amide bonds.